The molecule has 0 unspecified atom stereocenters. The van der Waals surface area contributed by atoms with Crippen molar-refractivity contribution in [3.05, 3.63) is 41.5 Å². The third-order valence-corrected chi connectivity index (χ3v) is 2.21. The highest BCUT2D eigenvalue weighted by Crippen LogP contribution is 2.21. The van der Waals surface area contributed by atoms with Gasteiger partial charge in [0.15, 0.2) is 0 Å². The summed E-state index contributed by atoms with van der Waals surface area (Å²) in [4.78, 5) is 11.1. The molecular weight excluding hydrogens is 204 g/mol. The zero-order valence-corrected chi connectivity index (χ0v) is 9.62. The molecule has 3 heteroatoms. The predicted octanol–water partition coefficient (Wildman–Crippen LogP) is 2.23. The second-order valence-corrected chi connectivity index (χ2v) is 3.85. The van der Waals surface area contributed by atoms with E-state index in [4.69, 9.17) is 0 Å². The molecule has 0 aromatic heterocycles. The number of carbonyl (C=O) groups is 1. The number of esters is 1. The van der Waals surface area contributed by atoms with Crippen molar-refractivity contribution in [2.45, 2.75) is 19.8 Å². The Kier molecular flexibility index (Phi) is 4.11. The van der Waals surface area contributed by atoms with Crippen LogP contribution in [0.1, 0.15) is 18.1 Å². The van der Waals surface area contributed by atoms with Crippen molar-refractivity contribution in [1.29, 1.82) is 0 Å². The smallest absolute Gasteiger partial charge is 0.309 e. The fraction of sp³-hybridized carbons (Fsp3) is 0.308. The molecule has 1 rings (SSSR count). The normalized spacial score (nSPS) is 9.88. The fourth-order valence-electron chi connectivity index (χ4n) is 1.45. The first-order valence-electron chi connectivity index (χ1n) is 5.05. The van der Waals surface area contributed by atoms with Crippen molar-refractivity contribution in [2.75, 3.05) is 7.11 Å². The summed E-state index contributed by atoms with van der Waals surface area (Å²) in [5.41, 5.74) is 2.58. The molecule has 3 nitrogen and oxygen atoms in total. The molecule has 0 bridgehead atoms. The molecule has 0 aliphatic rings. The van der Waals surface area contributed by atoms with Crippen LogP contribution in [0, 0.1) is 0 Å². The third kappa shape index (κ3) is 3.42. The van der Waals surface area contributed by atoms with Crippen LogP contribution in [0.4, 0.5) is 0 Å². The quantitative estimate of drug-likeness (QED) is 0.625. The first kappa shape index (κ1) is 12.3. The number of benzene rings is 1. The number of rotatable bonds is 4. The summed E-state index contributed by atoms with van der Waals surface area (Å²) in [7, 11) is 1.36. The topological polar surface area (TPSA) is 46.5 Å². The first-order chi connectivity index (χ1) is 7.52. The van der Waals surface area contributed by atoms with Gasteiger partial charge in [-0.15, -0.1) is 0 Å². The second kappa shape index (κ2) is 5.35. The van der Waals surface area contributed by atoms with E-state index in [0.29, 0.717) is 6.42 Å². The van der Waals surface area contributed by atoms with E-state index in [1.54, 1.807) is 18.2 Å². The van der Waals surface area contributed by atoms with Crippen LogP contribution in [-0.2, 0) is 22.4 Å². The Bertz CT molecular complexity index is 408. The summed E-state index contributed by atoms with van der Waals surface area (Å²) >= 11 is 0. The zero-order chi connectivity index (χ0) is 12.1. The van der Waals surface area contributed by atoms with Gasteiger partial charge in [0.05, 0.1) is 13.5 Å². The van der Waals surface area contributed by atoms with Crippen LogP contribution in [0.2, 0.25) is 0 Å². The Morgan fingerprint density at radius 2 is 2.12 bits per heavy atom. The number of ether oxygens (including phenoxy) is 1. The molecule has 0 atom stereocenters. The highest BCUT2D eigenvalue weighted by atomic mass is 16.5. The van der Waals surface area contributed by atoms with Crippen LogP contribution < -0.4 is 0 Å². The maximum absolute atomic E-state index is 11.1. The fourth-order valence-corrected chi connectivity index (χ4v) is 1.45. The maximum Gasteiger partial charge on any atom is 0.309 e. The molecule has 16 heavy (non-hydrogen) atoms. The Morgan fingerprint density at radius 1 is 1.44 bits per heavy atom. The van der Waals surface area contributed by atoms with Gasteiger partial charge in [0.1, 0.15) is 5.75 Å². The first-order valence-corrected chi connectivity index (χ1v) is 5.05. The van der Waals surface area contributed by atoms with Crippen molar-refractivity contribution in [1.82, 2.24) is 0 Å². The summed E-state index contributed by atoms with van der Waals surface area (Å²) in [6, 6.07) is 5.12. The number of methoxy groups -OCH3 is 1. The lowest BCUT2D eigenvalue weighted by Crippen LogP contribution is -2.04. The van der Waals surface area contributed by atoms with Crippen molar-refractivity contribution >= 4 is 5.97 Å². The molecule has 0 aliphatic carbocycles. The van der Waals surface area contributed by atoms with Crippen LogP contribution in [0.25, 0.3) is 0 Å². The summed E-state index contributed by atoms with van der Waals surface area (Å²) < 4.78 is 4.59. The molecule has 0 radical (unpaired) electrons. The average molecular weight is 220 g/mol. The largest absolute Gasteiger partial charge is 0.508 e. The lowest BCUT2D eigenvalue weighted by atomic mass is 10.0. The Hall–Kier alpha value is -1.77. The van der Waals surface area contributed by atoms with E-state index >= 15 is 0 Å². The van der Waals surface area contributed by atoms with Gasteiger partial charge in [-0.05, 0) is 30.5 Å². The highest BCUT2D eigenvalue weighted by Gasteiger charge is 2.07. The minimum absolute atomic E-state index is 0.222. The molecule has 0 fully saturated rings. The van der Waals surface area contributed by atoms with E-state index in [9.17, 15) is 9.90 Å². The Morgan fingerprint density at radius 3 is 2.69 bits per heavy atom. The van der Waals surface area contributed by atoms with E-state index in [1.165, 1.54) is 7.11 Å². The Balaban J connectivity index is 2.88. The van der Waals surface area contributed by atoms with E-state index < -0.39 is 0 Å². The van der Waals surface area contributed by atoms with Crippen LogP contribution >= 0.6 is 0 Å². The summed E-state index contributed by atoms with van der Waals surface area (Å²) in [6.07, 6.45) is 0.834. The Labute approximate surface area is 95.4 Å². The van der Waals surface area contributed by atoms with Crippen LogP contribution in [0.3, 0.4) is 0 Å². The van der Waals surface area contributed by atoms with Crippen molar-refractivity contribution in [3.63, 3.8) is 0 Å². The van der Waals surface area contributed by atoms with Gasteiger partial charge in [-0.1, -0.05) is 24.3 Å². The van der Waals surface area contributed by atoms with Crippen LogP contribution in [-0.4, -0.2) is 18.2 Å². The number of aromatic hydroxyl groups is 1. The molecular formula is C13H16O3. The monoisotopic (exact) mass is 220 g/mol. The zero-order valence-electron chi connectivity index (χ0n) is 9.62. The molecule has 0 heterocycles. The number of allylic oxidation sites excluding steroid dienone is 1. The molecule has 0 saturated heterocycles. The SMILES string of the molecule is C=C(C)Cc1cc(CC(=O)OC)ccc1O. The molecule has 0 saturated carbocycles. The van der Waals surface area contributed by atoms with Crippen molar-refractivity contribution in [2.24, 2.45) is 0 Å². The van der Waals surface area contributed by atoms with E-state index in [0.717, 1.165) is 16.7 Å². The number of carbonyl (C=O) groups excluding carboxylic acids is 1. The number of hydrogen-bond donors (Lipinski definition) is 1. The van der Waals surface area contributed by atoms with E-state index in [-0.39, 0.29) is 18.1 Å². The maximum atomic E-state index is 11.1. The highest BCUT2D eigenvalue weighted by molar-refractivity contribution is 5.72. The van der Waals surface area contributed by atoms with E-state index in [1.807, 2.05) is 6.92 Å². The van der Waals surface area contributed by atoms with Crippen molar-refractivity contribution < 1.29 is 14.6 Å². The molecule has 1 aromatic carbocycles. The van der Waals surface area contributed by atoms with E-state index in [2.05, 4.69) is 11.3 Å². The summed E-state index contributed by atoms with van der Waals surface area (Å²) in [5, 5.41) is 9.62. The number of phenolic OH excluding ortho intramolecular Hbond substituents is 1. The van der Waals surface area contributed by atoms with Gasteiger partial charge in [0.2, 0.25) is 0 Å². The van der Waals surface area contributed by atoms with Crippen molar-refractivity contribution in [3.8, 4) is 5.75 Å². The lowest BCUT2D eigenvalue weighted by Gasteiger charge is -2.07. The molecule has 86 valence electrons. The van der Waals surface area contributed by atoms with Gasteiger partial charge in [-0.2, -0.15) is 0 Å². The number of hydrogen-bond acceptors (Lipinski definition) is 3. The van der Waals surface area contributed by atoms with Crippen LogP contribution in [0.5, 0.6) is 5.75 Å². The molecule has 0 aliphatic heterocycles. The molecule has 1 aromatic rings. The lowest BCUT2D eigenvalue weighted by molar-refractivity contribution is -0.139. The minimum Gasteiger partial charge on any atom is -0.508 e. The molecule has 0 spiro atoms. The average Bonchev–Trinajstić information content (AvgIpc) is 2.22. The molecule has 1 N–H and O–H groups in total. The van der Waals surface area contributed by atoms with Gasteiger partial charge in [0.25, 0.3) is 0 Å². The second-order valence-electron chi connectivity index (χ2n) is 3.85. The van der Waals surface area contributed by atoms with Gasteiger partial charge in [-0.25, -0.2) is 0 Å². The van der Waals surface area contributed by atoms with Gasteiger partial charge in [-0.3, -0.25) is 4.79 Å². The summed E-state index contributed by atoms with van der Waals surface area (Å²) in [6.45, 7) is 5.69. The minimum atomic E-state index is -0.285. The van der Waals surface area contributed by atoms with Gasteiger partial charge >= 0.3 is 5.97 Å². The predicted molar refractivity (Wildman–Crippen MR) is 62.3 cm³/mol. The number of phenols is 1. The van der Waals surface area contributed by atoms with Crippen LogP contribution in [0.15, 0.2) is 30.4 Å². The van der Waals surface area contributed by atoms with Gasteiger partial charge < -0.3 is 9.84 Å². The standard InChI is InChI=1S/C13H16O3/c1-9(2)6-11-7-10(4-5-12(11)14)8-13(15)16-3/h4-5,7,14H,1,6,8H2,2-3H3. The summed E-state index contributed by atoms with van der Waals surface area (Å²) in [5.74, 6) is -0.0522. The van der Waals surface area contributed by atoms with Gasteiger partial charge in [0, 0.05) is 0 Å². The molecule has 0 amide bonds. The third-order valence-electron chi connectivity index (χ3n) is 2.21.